The predicted octanol–water partition coefficient (Wildman–Crippen LogP) is 4.20. The van der Waals surface area contributed by atoms with Crippen LogP contribution in [0.5, 0.6) is 0 Å². The van der Waals surface area contributed by atoms with Crippen LogP contribution in [0.15, 0.2) is 42.5 Å². The van der Waals surface area contributed by atoms with Crippen LogP contribution in [0, 0.1) is 13.8 Å². The Bertz CT molecular complexity index is 1160. The monoisotopic (exact) mass is 519 g/mol. The molecule has 0 unspecified atom stereocenters. The molecule has 1 fully saturated rings. The molecule has 0 aromatic heterocycles. The first-order valence-corrected chi connectivity index (χ1v) is 14.1. The summed E-state index contributed by atoms with van der Waals surface area (Å²) in [4.78, 5) is 28.2. The highest BCUT2D eigenvalue weighted by atomic mass is 35.5. The van der Waals surface area contributed by atoms with Gasteiger partial charge in [0.15, 0.2) is 0 Å². The third-order valence-electron chi connectivity index (χ3n) is 6.66. The molecular formula is C26H34ClN3O4S. The molecule has 2 aromatic carbocycles. The highest BCUT2D eigenvalue weighted by Crippen LogP contribution is 2.26. The number of anilines is 1. The maximum atomic E-state index is 13.6. The minimum atomic E-state index is -3.76. The molecule has 1 N–H and O–H groups in total. The normalized spacial score (nSPS) is 15.0. The van der Waals surface area contributed by atoms with E-state index >= 15 is 0 Å². The van der Waals surface area contributed by atoms with Gasteiger partial charge in [0, 0.05) is 17.6 Å². The lowest BCUT2D eigenvalue weighted by atomic mass is 10.1. The lowest BCUT2D eigenvalue weighted by Gasteiger charge is -2.32. The van der Waals surface area contributed by atoms with Gasteiger partial charge >= 0.3 is 0 Å². The molecular weight excluding hydrogens is 486 g/mol. The summed E-state index contributed by atoms with van der Waals surface area (Å²) in [6.07, 6.45) is 5.09. The molecule has 1 aliphatic carbocycles. The lowest BCUT2D eigenvalue weighted by Crippen LogP contribution is -2.52. The molecule has 1 saturated carbocycles. The number of hydrogen-bond donors (Lipinski definition) is 1. The van der Waals surface area contributed by atoms with Crippen LogP contribution in [0.25, 0.3) is 0 Å². The molecule has 9 heteroatoms. The van der Waals surface area contributed by atoms with E-state index < -0.39 is 28.5 Å². The molecule has 0 radical (unpaired) electrons. The van der Waals surface area contributed by atoms with Crippen molar-refractivity contribution in [1.82, 2.24) is 10.2 Å². The number of rotatable bonds is 9. The number of halogens is 1. The number of aryl methyl sites for hydroxylation is 1. The van der Waals surface area contributed by atoms with E-state index in [0.29, 0.717) is 10.7 Å². The van der Waals surface area contributed by atoms with E-state index in [-0.39, 0.29) is 18.5 Å². The van der Waals surface area contributed by atoms with Crippen molar-refractivity contribution < 1.29 is 18.0 Å². The smallest absolute Gasteiger partial charge is 0.244 e. The van der Waals surface area contributed by atoms with Gasteiger partial charge in [-0.1, -0.05) is 48.7 Å². The van der Waals surface area contributed by atoms with E-state index in [4.69, 9.17) is 11.6 Å². The second-order valence-corrected chi connectivity index (χ2v) is 11.6. The quantitative estimate of drug-likeness (QED) is 0.538. The van der Waals surface area contributed by atoms with Gasteiger partial charge in [-0.05, 0) is 68.5 Å². The number of carbonyl (C=O) groups is 2. The Hall–Kier alpha value is -2.58. The number of hydrogen-bond acceptors (Lipinski definition) is 4. The summed E-state index contributed by atoms with van der Waals surface area (Å²) in [5, 5.41) is 3.62. The fourth-order valence-corrected chi connectivity index (χ4v) is 5.39. The molecule has 1 aliphatic rings. The van der Waals surface area contributed by atoms with Gasteiger partial charge in [-0.2, -0.15) is 0 Å². The van der Waals surface area contributed by atoms with Crippen molar-refractivity contribution in [3.8, 4) is 0 Å². The fraction of sp³-hybridized carbons (Fsp3) is 0.462. The van der Waals surface area contributed by atoms with Crippen LogP contribution in [0.1, 0.15) is 49.3 Å². The van der Waals surface area contributed by atoms with E-state index in [1.165, 1.54) is 4.90 Å². The number of benzene rings is 2. The third-order valence-corrected chi connectivity index (χ3v) is 8.04. The largest absolute Gasteiger partial charge is 0.352 e. The van der Waals surface area contributed by atoms with Gasteiger partial charge in [0.25, 0.3) is 0 Å². The van der Waals surface area contributed by atoms with Crippen LogP contribution in [-0.2, 0) is 26.2 Å². The maximum Gasteiger partial charge on any atom is 0.244 e. The van der Waals surface area contributed by atoms with E-state index in [1.54, 1.807) is 43.3 Å². The van der Waals surface area contributed by atoms with Gasteiger partial charge in [-0.15, -0.1) is 0 Å². The molecule has 3 rings (SSSR count). The fourth-order valence-electron chi connectivity index (χ4n) is 4.36. The average molecular weight is 520 g/mol. The van der Waals surface area contributed by atoms with E-state index in [1.807, 2.05) is 19.9 Å². The molecule has 0 saturated heterocycles. The minimum Gasteiger partial charge on any atom is -0.352 e. The van der Waals surface area contributed by atoms with Crippen molar-refractivity contribution in [3.63, 3.8) is 0 Å². The number of nitrogens with one attached hydrogen (secondary N) is 1. The van der Waals surface area contributed by atoms with Crippen molar-refractivity contribution in [2.45, 2.75) is 65.1 Å². The van der Waals surface area contributed by atoms with Gasteiger partial charge in [0.2, 0.25) is 21.8 Å². The molecule has 190 valence electrons. The molecule has 0 spiro atoms. The zero-order chi connectivity index (χ0) is 25.8. The highest BCUT2D eigenvalue weighted by molar-refractivity contribution is 7.92. The van der Waals surface area contributed by atoms with Crippen LogP contribution in [-0.4, -0.2) is 50.0 Å². The predicted molar refractivity (Wildman–Crippen MR) is 140 cm³/mol. The summed E-state index contributed by atoms with van der Waals surface area (Å²) in [5.74, 6) is -0.697. The van der Waals surface area contributed by atoms with E-state index in [0.717, 1.165) is 52.9 Å². The maximum absolute atomic E-state index is 13.6. The molecule has 0 bridgehead atoms. The highest BCUT2D eigenvalue weighted by Gasteiger charge is 2.31. The van der Waals surface area contributed by atoms with Crippen molar-refractivity contribution in [2.75, 3.05) is 17.1 Å². The SMILES string of the molecule is Cc1cccc(N(CC(=O)N(Cc2ccc(Cl)cc2)[C@H](C)C(=O)NC2CCCC2)S(C)(=O)=O)c1C. The number of nitrogens with zero attached hydrogens (tertiary/aromatic N) is 2. The van der Waals surface area contributed by atoms with Crippen molar-refractivity contribution >= 4 is 39.1 Å². The Kier molecular flexibility index (Phi) is 8.83. The zero-order valence-corrected chi connectivity index (χ0v) is 22.3. The molecule has 35 heavy (non-hydrogen) atoms. The Morgan fingerprint density at radius 1 is 1.09 bits per heavy atom. The summed E-state index contributed by atoms with van der Waals surface area (Å²) < 4.78 is 26.6. The first-order chi connectivity index (χ1) is 16.5. The molecule has 7 nitrogen and oxygen atoms in total. The van der Waals surface area contributed by atoms with Crippen LogP contribution >= 0.6 is 11.6 Å². The summed E-state index contributed by atoms with van der Waals surface area (Å²) in [7, 11) is -3.76. The summed E-state index contributed by atoms with van der Waals surface area (Å²) >= 11 is 6.02. The van der Waals surface area contributed by atoms with Crippen LogP contribution < -0.4 is 9.62 Å². The Morgan fingerprint density at radius 2 is 1.71 bits per heavy atom. The standard InChI is InChI=1S/C26H34ClN3O4S/c1-18-8-7-11-24(19(18)2)30(35(4,33)34)17-25(31)29(16-21-12-14-22(27)15-13-21)20(3)26(32)28-23-9-5-6-10-23/h7-8,11-15,20,23H,5-6,9-10,16-17H2,1-4H3,(H,28,32)/t20-/m1/s1. The third kappa shape index (κ3) is 6.98. The van der Waals surface area contributed by atoms with Crippen molar-refractivity contribution in [3.05, 3.63) is 64.2 Å². The Labute approximate surface area is 213 Å². The molecule has 0 aliphatic heterocycles. The summed E-state index contributed by atoms with van der Waals surface area (Å²) in [6.45, 7) is 5.15. The summed E-state index contributed by atoms with van der Waals surface area (Å²) in [6, 6.07) is 11.7. The van der Waals surface area contributed by atoms with Gasteiger partial charge in [0.1, 0.15) is 12.6 Å². The van der Waals surface area contributed by atoms with Crippen LogP contribution in [0.4, 0.5) is 5.69 Å². The van der Waals surface area contributed by atoms with Crippen LogP contribution in [0.2, 0.25) is 5.02 Å². The lowest BCUT2D eigenvalue weighted by molar-refractivity contribution is -0.139. The van der Waals surface area contributed by atoms with Crippen molar-refractivity contribution in [2.24, 2.45) is 0 Å². The Morgan fingerprint density at radius 3 is 2.31 bits per heavy atom. The van der Waals surface area contributed by atoms with Gasteiger partial charge in [0.05, 0.1) is 11.9 Å². The average Bonchev–Trinajstić information content (AvgIpc) is 3.31. The first kappa shape index (κ1) is 27.0. The van der Waals surface area contributed by atoms with Crippen molar-refractivity contribution in [1.29, 1.82) is 0 Å². The summed E-state index contributed by atoms with van der Waals surface area (Å²) in [5.41, 5.74) is 2.95. The number of amides is 2. The topological polar surface area (TPSA) is 86.8 Å². The Balaban J connectivity index is 1.90. The first-order valence-electron chi connectivity index (χ1n) is 11.9. The zero-order valence-electron chi connectivity index (χ0n) is 20.8. The van der Waals surface area contributed by atoms with E-state index in [2.05, 4.69) is 5.32 Å². The second kappa shape index (κ2) is 11.4. The molecule has 0 heterocycles. The van der Waals surface area contributed by atoms with Gasteiger partial charge in [-0.25, -0.2) is 8.42 Å². The second-order valence-electron chi connectivity index (χ2n) is 9.30. The van der Waals surface area contributed by atoms with Gasteiger partial charge < -0.3 is 10.2 Å². The number of sulfonamides is 1. The minimum absolute atomic E-state index is 0.111. The molecule has 2 aromatic rings. The van der Waals surface area contributed by atoms with E-state index in [9.17, 15) is 18.0 Å². The number of carbonyl (C=O) groups excluding carboxylic acids is 2. The molecule has 1 atom stereocenters. The molecule has 2 amide bonds. The van der Waals surface area contributed by atoms with Gasteiger partial charge in [-0.3, -0.25) is 13.9 Å². The van der Waals surface area contributed by atoms with Crippen LogP contribution in [0.3, 0.4) is 0 Å².